The van der Waals surface area contributed by atoms with E-state index < -0.39 is 5.41 Å². The van der Waals surface area contributed by atoms with Crippen molar-refractivity contribution in [1.29, 1.82) is 0 Å². The second-order valence-electron chi connectivity index (χ2n) is 8.71. The Morgan fingerprint density at radius 1 is 1.00 bits per heavy atom. The number of amides is 1. The second kappa shape index (κ2) is 6.91. The summed E-state index contributed by atoms with van der Waals surface area (Å²) >= 11 is 0. The van der Waals surface area contributed by atoms with Gasteiger partial charge >= 0.3 is 0 Å². The Hall–Kier alpha value is -2.73. The smallest absolute Gasteiger partial charge is 0.245 e. The topological polar surface area (TPSA) is 60.0 Å². The standard InChI is InChI=1S/C24H26N2O4/c27-23-24(14-28-20-13-22-21(12-18(20)24)29-15-30-22)17-4-1-2-5-19(17)26(23)11-3-9-25-10-8-16-6-7-16/h1-2,4-5,12-13,16,25H,3,6-11,14-15H2. The van der Waals surface area contributed by atoms with Crippen molar-refractivity contribution in [2.75, 3.05) is 37.9 Å². The first kappa shape index (κ1) is 18.1. The van der Waals surface area contributed by atoms with Crippen molar-refractivity contribution < 1.29 is 19.0 Å². The first-order valence-corrected chi connectivity index (χ1v) is 11.0. The van der Waals surface area contributed by atoms with Gasteiger partial charge in [-0.05, 0) is 49.5 Å². The molecule has 6 nitrogen and oxygen atoms in total. The minimum atomic E-state index is -0.799. The zero-order valence-corrected chi connectivity index (χ0v) is 17.0. The third kappa shape index (κ3) is 2.70. The van der Waals surface area contributed by atoms with E-state index in [0.717, 1.165) is 42.2 Å². The minimum Gasteiger partial charge on any atom is -0.491 e. The molecule has 2 aromatic carbocycles. The Balaban J connectivity index is 1.26. The van der Waals surface area contributed by atoms with Gasteiger partial charge in [-0.15, -0.1) is 0 Å². The van der Waals surface area contributed by atoms with Crippen molar-refractivity contribution in [3.05, 3.63) is 47.5 Å². The van der Waals surface area contributed by atoms with Crippen molar-refractivity contribution in [3.63, 3.8) is 0 Å². The number of hydrogen-bond acceptors (Lipinski definition) is 5. The zero-order valence-electron chi connectivity index (χ0n) is 17.0. The molecule has 0 bridgehead atoms. The van der Waals surface area contributed by atoms with Crippen molar-refractivity contribution >= 4 is 11.6 Å². The van der Waals surface area contributed by atoms with E-state index in [9.17, 15) is 4.79 Å². The van der Waals surface area contributed by atoms with Crippen LogP contribution in [0.15, 0.2) is 36.4 Å². The van der Waals surface area contributed by atoms with Gasteiger partial charge in [-0.1, -0.05) is 31.0 Å². The summed E-state index contributed by atoms with van der Waals surface area (Å²) in [5.41, 5.74) is 2.10. The summed E-state index contributed by atoms with van der Waals surface area (Å²) in [5.74, 6) is 3.12. The van der Waals surface area contributed by atoms with Gasteiger partial charge in [-0.25, -0.2) is 0 Å². The largest absolute Gasteiger partial charge is 0.491 e. The number of para-hydroxylation sites is 1. The molecule has 1 unspecified atom stereocenters. The Kier molecular flexibility index (Phi) is 4.16. The number of nitrogens with one attached hydrogen (secondary N) is 1. The number of carbonyl (C=O) groups is 1. The molecule has 3 aliphatic heterocycles. The zero-order chi connectivity index (χ0) is 20.1. The van der Waals surface area contributed by atoms with Gasteiger partial charge in [0.1, 0.15) is 17.8 Å². The monoisotopic (exact) mass is 406 g/mol. The molecule has 1 atom stereocenters. The van der Waals surface area contributed by atoms with Crippen molar-refractivity contribution in [2.24, 2.45) is 5.92 Å². The number of fused-ring (bicyclic) bond motifs is 5. The lowest BCUT2D eigenvalue weighted by Gasteiger charge is -2.23. The third-order valence-electron chi connectivity index (χ3n) is 6.81. The Morgan fingerprint density at radius 3 is 2.70 bits per heavy atom. The van der Waals surface area contributed by atoms with E-state index in [0.29, 0.717) is 30.4 Å². The molecule has 3 heterocycles. The van der Waals surface area contributed by atoms with E-state index in [2.05, 4.69) is 11.4 Å². The Labute approximate surface area is 176 Å². The number of hydrogen-bond donors (Lipinski definition) is 1. The van der Waals surface area contributed by atoms with Gasteiger partial charge in [-0.3, -0.25) is 4.79 Å². The summed E-state index contributed by atoms with van der Waals surface area (Å²) in [6.45, 7) is 3.23. The summed E-state index contributed by atoms with van der Waals surface area (Å²) in [6.07, 6.45) is 4.99. The number of anilines is 1. The highest BCUT2D eigenvalue weighted by Gasteiger charge is 2.57. The lowest BCUT2D eigenvalue weighted by atomic mass is 9.77. The fourth-order valence-corrected chi connectivity index (χ4v) is 4.99. The molecule has 1 fully saturated rings. The van der Waals surface area contributed by atoms with E-state index in [-0.39, 0.29) is 12.7 Å². The summed E-state index contributed by atoms with van der Waals surface area (Å²) in [5, 5.41) is 3.53. The fourth-order valence-electron chi connectivity index (χ4n) is 4.99. The number of ether oxygens (including phenoxy) is 3. The van der Waals surface area contributed by atoms with Crippen molar-refractivity contribution in [3.8, 4) is 17.2 Å². The number of nitrogens with zero attached hydrogens (tertiary/aromatic N) is 1. The van der Waals surface area contributed by atoms with Crippen LogP contribution in [0.2, 0.25) is 0 Å². The first-order valence-electron chi connectivity index (χ1n) is 11.0. The van der Waals surface area contributed by atoms with Crippen LogP contribution in [0.1, 0.15) is 36.8 Å². The number of benzene rings is 2. The number of rotatable bonds is 7. The van der Waals surface area contributed by atoms with Crippen LogP contribution >= 0.6 is 0 Å². The van der Waals surface area contributed by atoms with Crippen LogP contribution in [0.25, 0.3) is 0 Å². The molecule has 1 spiro atoms. The molecular formula is C24H26N2O4. The fraction of sp³-hybridized carbons (Fsp3) is 0.458. The van der Waals surface area contributed by atoms with Gasteiger partial charge in [0.2, 0.25) is 12.7 Å². The molecule has 1 N–H and O–H groups in total. The van der Waals surface area contributed by atoms with E-state index in [1.807, 2.05) is 35.2 Å². The van der Waals surface area contributed by atoms with E-state index in [1.165, 1.54) is 19.3 Å². The maximum absolute atomic E-state index is 13.8. The summed E-state index contributed by atoms with van der Waals surface area (Å²) in [6, 6.07) is 11.9. The summed E-state index contributed by atoms with van der Waals surface area (Å²) < 4.78 is 17.1. The van der Waals surface area contributed by atoms with Gasteiger partial charge < -0.3 is 24.4 Å². The van der Waals surface area contributed by atoms with Crippen molar-refractivity contribution in [1.82, 2.24) is 5.32 Å². The predicted molar refractivity (Wildman–Crippen MR) is 112 cm³/mol. The molecule has 156 valence electrons. The molecule has 4 aliphatic rings. The molecular weight excluding hydrogens is 380 g/mol. The van der Waals surface area contributed by atoms with Crippen LogP contribution in [0.3, 0.4) is 0 Å². The quantitative estimate of drug-likeness (QED) is 0.716. The highest BCUT2D eigenvalue weighted by atomic mass is 16.7. The number of carbonyl (C=O) groups excluding carboxylic acids is 1. The van der Waals surface area contributed by atoms with Gasteiger partial charge in [0.15, 0.2) is 11.5 Å². The Bertz CT molecular complexity index is 1000. The molecule has 0 radical (unpaired) electrons. The average Bonchev–Trinajstić information content (AvgIpc) is 3.27. The Morgan fingerprint density at radius 2 is 1.83 bits per heavy atom. The molecule has 1 saturated carbocycles. The highest BCUT2D eigenvalue weighted by Crippen LogP contribution is 2.54. The van der Waals surface area contributed by atoms with Gasteiger partial charge in [0.05, 0.1) is 0 Å². The molecule has 1 amide bonds. The molecule has 1 aliphatic carbocycles. The average molecular weight is 406 g/mol. The van der Waals surface area contributed by atoms with Crippen LogP contribution in [0.4, 0.5) is 5.69 Å². The maximum atomic E-state index is 13.8. The van der Waals surface area contributed by atoms with Gasteiger partial charge in [0.25, 0.3) is 0 Å². The van der Waals surface area contributed by atoms with Crippen LogP contribution < -0.4 is 24.4 Å². The van der Waals surface area contributed by atoms with Gasteiger partial charge in [0, 0.05) is 23.9 Å². The lowest BCUT2D eigenvalue weighted by Crippen LogP contribution is -2.43. The highest BCUT2D eigenvalue weighted by molar-refractivity contribution is 6.11. The SMILES string of the molecule is O=C1N(CCCNCCC2CC2)c2ccccc2C12COc1cc3c(cc12)OCO3. The van der Waals surface area contributed by atoms with Crippen molar-refractivity contribution in [2.45, 2.75) is 31.1 Å². The molecule has 0 aromatic heterocycles. The molecule has 2 aromatic rings. The third-order valence-corrected chi connectivity index (χ3v) is 6.81. The van der Waals surface area contributed by atoms with Crippen LogP contribution in [-0.2, 0) is 10.2 Å². The minimum absolute atomic E-state index is 0.0966. The molecule has 6 heteroatoms. The first-order chi connectivity index (χ1) is 14.8. The second-order valence-corrected chi connectivity index (χ2v) is 8.71. The van der Waals surface area contributed by atoms with E-state index in [1.54, 1.807) is 0 Å². The van der Waals surface area contributed by atoms with Crippen LogP contribution in [0, 0.1) is 5.92 Å². The predicted octanol–water partition coefficient (Wildman–Crippen LogP) is 3.22. The molecule has 6 rings (SSSR count). The maximum Gasteiger partial charge on any atom is 0.245 e. The van der Waals surface area contributed by atoms with Crippen LogP contribution in [0.5, 0.6) is 17.2 Å². The molecule has 0 saturated heterocycles. The summed E-state index contributed by atoms with van der Waals surface area (Å²) in [7, 11) is 0. The van der Waals surface area contributed by atoms with E-state index in [4.69, 9.17) is 14.2 Å². The van der Waals surface area contributed by atoms with Crippen LogP contribution in [-0.4, -0.2) is 38.9 Å². The van der Waals surface area contributed by atoms with Gasteiger partial charge in [-0.2, -0.15) is 0 Å². The lowest BCUT2D eigenvalue weighted by molar-refractivity contribution is -0.122. The normalized spacial score (nSPS) is 23.1. The summed E-state index contributed by atoms with van der Waals surface area (Å²) in [4.78, 5) is 15.8. The van der Waals surface area contributed by atoms with E-state index >= 15 is 0 Å². The molecule has 30 heavy (non-hydrogen) atoms.